The minimum Gasteiger partial charge on any atom is -0.488 e. The van der Waals surface area contributed by atoms with Crippen LogP contribution in [-0.2, 0) is 0 Å². The molecular formula is C11H14Cl3NO. The number of hydrogen-bond donors (Lipinski definition) is 1. The maximum atomic E-state index is 5.94. The van der Waals surface area contributed by atoms with Crippen LogP contribution >= 0.6 is 35.6 Å². The van der Waals surface area contributed by atoms with Gasteiger partial charge < -0.3 is 10.5 Å². The number of ether oxygens (including phenoxy) is 1. The fraction of sp³-hybridized carbons (Fsp3) is 0.273. The highest BCUT2D eigenvalue weighted by molar-refractivity contribution is 6.35. The molecule has 0 amide bonds. The fourth-order valence-corrected chi connectivity index (χ4v) is 1.51. The lowest BCUT2D eigenvalue weighted by molar-refractivity contribution is 0.352. The molecule has 0 saturated heterocycles. The van der Waals surface area contributed by atoms with E-state index >= 15 is 0 Å². The third-order valence-corrected chi connectivity index (χ3v) is 2.35. The predicted molar refractivity (Wildman–Crippen MR) is 72.0 cm³/mol. The lowest BCUT2D eigenvalue weighted by atomic mass is 10.3. The topological polar surface area (TPSA) is 35.2 Å². The summed E-state index contributed by atoms with van der Waals surface area (Å²) in [4.78, 5) is 0. The summed E-state index contributed by atoms with van der Waals surface area (Å²) in [6.07, 6.45) is 1.91. The van der Waals surface area contributed by atoms with E-state index in [1.807, 2.05) is 13.0 Å². The van der Waals surface area contributed by atoms with Crippen molar-refractivity contribution in [1.82, 2.24) is 0 Å². The summed E-state index contributed by atoms with van der Waals surface area (Å²) in [5, 5.41) is 1.12. The van der Waals surface area contributed by atoms with Crippen LogP contribution < -0.4 is 10.5 Å². The number of nitrogens with two attached hydrogens (primary N) is 1. The van der Waals surface area contributed by atoms with Crippen molar-refractivity contribution in [3.8, 4) is 5.75 Å². The average Bonchev–Trinajstić information content (AvgIpc) is 2.17. The molecule has 0 saturated carbocycles. The first-order valence-electron chi connectivity index (χ1n) is 4.57. The van der Waals surface area contributed by atoms with Gasteiger partial charge in [-0.3, -0.25) is 0 Å². The van der Waals surface area contributed by atoms with Crippen LogP contribution in [-0.4, -0.2) is 13.2 Å². The molecule has 5 heteroatoms. The third kappa shape index (κ3) is 5.08. The van der Waals surface area contributed by atoms with E-state index in [9.17, 15) is 0 Å². The van der Waals surface area contributed by atoms with E-state index < -0.39 is 0 Å². The van der Waals surface area contributed by atoms with Crippen molar-refractivity contribution in [2.45, 2.75) is 6.92 Å². The fourth-order valence-electron chi connectivity index (χ4n) is 1.04. The summed E-state index contributed by atoms with van der Waals surface area (Å²) in [7, 11) is 0. The Morgan fingerprint density at radius 2 is 2.12 bits per heavy atom. The van der Waals surface area contributed by atoms with Crippen molar-refractivity contribution in [1.29, 1.82) is 0 Å². The van der Waals surface area contributed by atoms with Crippen LogP contribution in [0.1, 0.15) is 6.92 Å². The summed E-state index contributed by atoms with van der Waals surface area (Å²) in [6, 6.07) is 5.14. The van der Waals surface area contributed by atoms with Gasteiger partial charge in [0, 0.05) is 11.6 Å². The van der Waals surface area contributed by atoms with Gasteiger partial charge in [-0.2, -0.15) is 0 Å². The molecule has 0 heterocycles. The Kier molecular flexibility index (Phi) is 7.60. The van der Waals surface area contributed by atoms with Crippen molar-refractivity contribution < 1.29 is 4.74 Å². The molecule has 1 aromatic rings. The Balaban J connectivity index is 0.00000225. The highest BCUT2D eigenvalue weighted by Gasteiger charge is 2.01. The first-order valence-corrected chi connectivity index (χ1v) is 5.32. The zero-order chi connectivity index (χ0) is 11.3. The van der Waals surface area contributed by atoms with Gasteiger partial charge in [0.1, 0.15) is 12.4 Å². The third-order valence-electron chi connectivity index (χ3n) is 1.82. The maximum absolute atomic E-state index is 5.94. The maximum Gasteiger partial charge on any atom is 0.138 e. The van der Waals surface area contributed by atoms with Crippen LogP contribution in [0.15, 0.2) is 29.8 Å². The highest BCUT2D eigenvalue weighted by Crippen LogP contribution is 2.27. The Morgan fingerprint density at radius 1 is 1.44 bits per heavy atom. The van der Waals surface area contributed by atoms with E-state index in [2.05, 4.69) is 0 Å². The molecule has 1 rings (SSSR count). The van der Waals surface area contributed by atoms with Crippen molar-refractivity contribution in [2.24, 2.45) is 5.73 Å². The van der Waals surface area contributed by atoms with Gasteiger partial charge in [-0.15, -0.1) is 12.4 Å². The molecule has 0 aliphatic rings. The van der Waals surface area contributed by atoms with Gasteiger partial charge >= 0.3 is 0 Å². The normalized spacial score (nSPS) is 10.9. The Morgan fingerprint density at radius 3 is 2.69 bits per heavy atom. The molecule has 0 radical (unpaired) electrons. The molecule has 1 aromatic carbocycles. The summed E-state index contributed by atoms with van der Waals surface area (Å²) >= 11 is 11.7. The molecule has 2 nitrogen and oxygen atoms in total. The van der Waals surface area contributed by atoms with Gasteiger partial charge in [0.15, 0.2) is 0 Å². The quantitative estimate of drug-likeness (QED) is 0.855. The molecule has 0 bridgehead atoms. The van der Waals surface area contributed by atoms with E-state index in [4.69, 9.17) is 33.7 Å². The average molecular weight is 283 g/mol. The molecule has 2 N–H and O–H groups in total. The van der Waals surface area contributed by atoms with Crippen LogP contribution in [0.2, 0.25) is 10.0 Å². The Labute approximate surface area is 112 Å². The number of halogens is 3. The van der Waals surface area contributed by atoms with Gasteiger partial charge in [0.05, 0.1) is 5.02 Å². The summed E-state index contributed by atoms with van der Waals surface area (Å²) in [5.74, 6) is 0.630. The minimum absolute atomic E-state index is 0. The molecule has 0 aromatic heterocycles. The van der Waals surface area contributed by atoms with Crippen molar-refractivity contribution in [3.05, 3.63) is 39.9 Å². The van der Waals surface area contributed by atoms with Crippen LogP contribution in [0.4, 0.5) is 0 Å². The molecule has 0 aliphatic carbocycles. The lowest BCUT2D eigenvalue weighted by Gasteiger charge is -2.08. The molecule has 16 heavy (non-hydrogen) atoms. The SMILES string of the molecule is CC(=CCN)COc1ccc(Cl)cc1Cl.Cl. The highest BCUT2D eigenvalue weighted by atomic mass is 35.5. The molecule has 0 aliphatic heterocycles. The Bertz CT molecular complexity index is 366. The number of benzene rings is 1. The van der Waals surface area contributed by atoms with Crippen LogP contribution in [0.3, 0.4) is 0 Å². The first-order chi connectivity index (χ1) is 7.13. The van der Waals surface area contributed by atoms with Gasteiger partial charge in [-0.1, -0.05) is 29.3 Å². The second kappa shape index (κ2) is 7.80. The summed E-state index contributed by atoms with van der Waals surface area (Å²) in [5.41, 5.74) is 6.45. The van der Waals surface area contributed by atoms with E-state index in [1.165, 1.54) is 0 Å². The van der Waals surface area contributed by atoms with Gasteiger partial charge in [-0.25, -0.2) is 0 Å². The second-order valence-corrected chi connectivity index (χ2v) is 3.99. The van der Waals surface area contributed by atoms with Crippen LogP contribution in [0.25, 0.3) is 0 Å². The van der Waals surface area contributed by atoms with E-state index in [-0.39, 0.29) is 12.4 Å². The Hall–Kier alpha value is -0.410. The molecule has 0 unspecified atom stereocenters. The number of rotatable bonds is 4. The van der Waals surface area contributed by atoms with Crippen LogP contribution in [0.5, 0.6) is 5.75 Å². The molecule has 0 fully saturated rings. The minimum atomic E-state index is 0. The largest absolute Gasteiger partial charge is 0.488 e. The number of hydrogen-bond acceptors (Lipinski definition) is 2. The zero-order valence-corrected chi connectivity index (χ0v) is 11.2. The first kappa shape index (κ1) is 15.6. The smallest absolute Gasteiger partial charge is 0.138 e. The van der Waals surface area contributed by atoms with Gasteiger partial charge in [-0.05, 0) is 30.7 Å². The van der Waals surface area contributed by atoms with Crippen molar-refractivity contribution in [3.63, 3.8) is 0 Å². The van der Waals surface area contributed by atoms with Gasteiger partial charge in [0.25, 0.3) is 0 Å². The molecular weight excluding hydrogens is 268 g/mol. The molecule has 0 atom stereocenters. The van der Waals surface area contributed by atoms with E-state index in [0.717, 1.165) is 5.57 Å². The van der Waals surface area contributed by atoms with E-state index in [1.54, 1.807) is 18.2 Å². The lowest BCUT2D eigenvalue weighted by Crippen LogP contribution is -2.02. The zero-order valence-electron chi connectivity index (χ0n) is 8.87. The van der Waals surface area contributed by atoms with Crippen LogP contribution in [0, 0.1) is 0 Å². The second-order valence-electron chi connectivity index (χ2n) is 3.15. The van der Waals surface area contributed by atoms with Gasteiger partial charge in [0.2, 0.25) is 0 Å². The van der Waals surface area contributed by atoms with Crippen molar-refractivity contribution in [2.75, 3.05) is 13.2 Å². The molecule has 0 spiro atoms. The van der Waals surface area contributed by atoms with Crippen molar-refractivity contribution >= 4 is 35.6 Å². The van der Waals surface area contributed by atoms with E-state index in [0.29, 0.717) is 28.9 Å². The molecule has 90 valence electrons. The summed E-state index contributed by atoms with van der Waals surface area (Å²) < 4.78 is 5.49. The summed E-state index contributed by atoms with van der Waals surface area (Å²) in [6.45, 7) is 2.96. The standard InChI is InChI=1S/C11H13Cl2NO.ClH/c1-8(4-5-14)7-15-11-3-2-9(12)6-10(11)13;/h2-4,6H,5,7,14H2,1H3;1H. The predicted octanol–water partition coefficient (Wildman–Crippen LogP) is 3.70. The monoisotopic (exact) mass is 281 g/mol.